The van der Waals surface area contributed by atoms with Crippen LogP contribution in [0.3, 0.4) is 0 Å². The van der Waals surface area contributed by atoms with Gasteiger partial charge in [0, 0.05) is 5.92 Å². The molecule has 2 rings (SSSR count). The third kappa shape index (κ3) is 4.10. The Morgan fingerprint density at radius 3 is 2.50 bits per heavy atom. The van der Waals surface area contributed by atoms with Gasteiger partial charge in [0.15, 0.2) is 0 Å². The van der Waals surface area contributed by atoms with Gasteiger partial charge in [0.25, 0.3) is 0 Å². The van der Waals surface area contributed by atoms with Crippen LogP contribution >= 0.6 is 0 Å². The first-order chi connectivity index (χ1) is 10.6. The number of hydrogen-bond acceptors (Lipinski definition) is 2. The second kappa shape index (κ2) is 7.64. The highest BCUT2D eigenvalue weighted by molar-refractivity contribution is 5.77. The van der Waals surface area contributed by atoms with Gasteiger partial charge < -0.3 is 10.5 Å². The van der Waals surface area contributed by atoms with Gasteiger partial charge in [0.05, 0.1) is 0 Å². The van der Waals surface area contributed by atoms with Crippen molar-refractivity contribution in [3.05, 3.63) is 65.7 Å². The molecule has 2 atom stereocenters. The van der Waals surface area contributed by atoms with Gasteiger partial charge in [-0.05, 0) is 35.6 Å². The normalized spacial score (nSPS) is 13.4. The number of rotatable bonds is 7. The molecule has 0 spiro atoms. The Morgan fingerprint density at radius 2 is 1.86 bits per heavy atom. The zero-order valence-corrected chi connectivity index (χ0v) is 13.2. The molecule has 3 heteroatoms. The minimum atomic E-state index is -0.262. The number of benzene rings is 2. The second-order valence-corrected chi connectivity index (χ2v) is 5.55. The molecule has 0 aliphatic rings. The van der Waals surface area contributed by atoms with E-state index in [0.29, 0.717) is 6.61 Å². The van der Waals surface area contributed by atoms with E-state index < -0.39 is 0 Å². The fourth-order valence-electron chi connectivity index (χ4n) is 2.65. The van der Waals surface area contributed by atoms with Crippen LogP contribution in [0.15, 0.2) is 54.6 Å². The van der Waals surface area contributed by atoms with Crippen LogP contribution in [-0.4, -0.2) is 5.91 Å². The van der Waals surface area contributed by atoms with E-state index in [-0.39, 0.29) is 17.7 Å². The highest BCUT2D eigenvalue weighted by Gasteiger charge is 2.22. The lowest BCUT2D eigenvalue weighted by molar-refractivity contribution is -0.122. The average molecular weight is 297 g/mol. The SMILES string of the molecule is CCC(c1cccc(OCc2ccccc2)c1)C(C)C(N)=O. The molecule has 0 aliphatic heterocycles. The Balaban J connectivity index is 2.10. The molecular weight excluding hydrogens is 274 g/mol. The summed E-state index contributed by atoms with van der Waals surface area (Å²) in [6, 6.07) is 18.0. The number of ether oxygens (including phenoxy) is 1. The highest BCUT2D eigenvalue weighted by atomic mass is 16.5. The lowest BCUT2D eigenvalue weighted by Crippen LogP contribution is -2.26. The predicted molar refractivity (Wildman–Crippen MR) is 88.6 cm³/mol. The van der Waals surface area contributed by atoms with Crippen LogP contribution in [0.4, 0.5) is 0 Å². The van der Waals surface area contributed by atoms with E-state index in [0.717, 1.165) is 23.3 Å². The minimum Gasteiger partial charge on any atom is -0.489 e. The molecule has 2 aromatic rings. The van der Waals surface area contributed by atoms with Crippen molar-refractivity contribution in [3.8, 4) is 5.75 Å². The number of amides is 1. The summed E-state index contributed by atoms with van der Waals surface area (Å²) in [5.74, 6) is 0.492. The van der Waals surface area contributed by atoms with E-state index in [2.05, 4.69) is 6.92 Å². The lowest BCUT2D eigenvalue weighted by atomic mass is 9.85. The summed E-state index contributed by atoms with van der Waals surface area (Å²) in [5.41, 5.74) is 7.68. The summed E-state index contributed by atoms with van der Waals surface area (Å²) in [5, 5.41) is 0. The van der Waals surface area contributed by atoms with Crippen molar-refractivity contribution in [1.29, 1.82) is 0 Å². The molecule has 2 unspecified atom stereocenters. The molecule has 0 aliphatic carbocycles. The Kier molecular flexibility index (Phi) is 5.59. The Bertz CT molecular complexity index is 610. The average Bonchev–Trinajstić information content (AvgIpc) is 2.55. The summed E-state index contributed by atoms with van der Waals surface area (Å²) in [4.78, 5) is 11.5. The van der Waals surface area contributed by atoms with Crippen molar-refractivity contribution in [2.75, 3.05) is 0 Å². The maximum atomic E-state index is 11.5. The van der Waals surface area contributed by atoms with Crippen LogP contribution in [0.5, 0.6) is 5.75 Å². The third-order valence-electron chi connectivity index (χ3n) is 4.03. The van der Waals surface area contributed by atoms with E-state index in [1.807, 2.05) is 61.5 Å². The molecule has 0 bridgehead atoms. The van der Waals surface area contributed by atoms with Crippen LogP contribution in [0.1, 0.15) is 37.3 Å². The Hall–Kier alpha value is -2.29. The Labute approximate surface area is 132 Å². The summed E-state index contributed by atoms with van der Waals surface area (Å²) >= 11 is 0. The smallest absolute Gasteiger partial charge is 0.220 e. The van der Waals surface area contributed by atoms with Gasteiger partial charge in [-0.2, -0.15) is 0 Å². The van der Waals surface area contributed by atoms with E-state index in [1.54, 1.807) is 0 Å². The molecule has 2 N–H and O–H groups in total. The minimum absolute atomic E-state index is 0.123. The molecule has 0 fully saturated rings. The maximum absolute atomic E-state index is 11.5. The topological polar surface area (TPSA) is 52.3 Å². The number of carbonyl (C=O) groups is 1. The van der Waals surface area contributed by atoms with Gasteiger partial charge in [0.1, 0.15) is 12.4 Å². The first kappa shape index (κ1) is 16.1. The molecule has 0 heterocycles. The number of carbonyl (C=O) groups excluding carboxylic acids is 1. The zero-order valence-electron chi connectivity index (χ0n) is 13.2. The van der Waals surface area contributed by atoms with Crippen molar-refractivity contribution < 1.29 is 9.53 Å². The lowest BCUT2D eigenvalue weighted by Gasteiger charge is -2.21. The summed E-state index contributed by atoms with van der Waals surface area (Å²) < 4.78 is 5.85. The van der Waals surface area contributed by atoms with Crippen molar-refractivity contribution >= 4 is 5.91 Å². The van der Waals surface area contributed by atoms with Crippen LogP contribution in [0, 0.1) is 5.92 Å². The number of primary amides is 1. The van der Waals surface area contributed by atoms with Crippen LogP contribution in [0.25, 0.3) is 0 Å². The molecule has 116 valence electrons. The molecule has 0 aromatic heterocycles. The molecule has 1 amide bonds. The Morgan fingerprint density at radius 1 is 1.14 bits per heavy atom. The van der Waals surface area contributed by atoms with Gasteiger partial charge >= 0.3 is 0 Å². The molecule has 22 heavy (non-hydrogen) atoms. The van der Waals surface area contributed by atoms with Crippen molar-refractivity contribution in [3.63, 3.8) is 0 Å². The molecule has 0 saturated heterocycles. The standard InChI is InChI=1S/C19H23NO2/c1-3-18(14(2)19(20)21)16-10-7-11-17(12-16)22-13-15-8-5-4-6-9-15/h4-12,14,18H,3,13H2,1-2H3,(H2,20,21). The van der Waals surface area contributed by atoms with Crippen LogP contribution < -0.4 is 10.5 Å². The fourth-order valence-corrected chi connectivity index (χ4v) is 2.65. The molecule has 2 aromatic carbocycles. The van der Waals surface area contributed by atoms with Crippen LogP contribution in [-0.2, 0) is 11.4 Å². The molecule has 0 saturated carbocycles. The number of hydrogen-bond donors (Lipinski definition) is 1. The maximum Gasteiger partial charge on any atom is 0.220 e. The molecule has 0 radical (unpaired) electrons. The van der Waals surface area contributed by atoms with E-state index >= 15 is 0 Å². The van der Waals surface area contributed by atoms with Gasteiger partial charge in [-0.3, -0.25) is 4.79 Å². The van der Waals surface area contributed by atoms with Crippen molar-refractivity contribution in [2.45, 2.75) is 32.8 Å². The second-order valence-electron chi connectivity index (χ2n) is 5.55. The first-order valence-corrected chi connectivity index (χ1v) is 7.67. The van der Waals surface area contributed by atoms with Gasteiger partial charge in [0.2, 0.25) is 5.91 Å². The molecule has 3 nitrogen and oxygen atoms in total. The van der Waals surface area contributed by atoms with E-state index in [4.69, 9.17) is 10.5 Å². The van der Waals surface area contributed by atoms with Crippen molar-refractivity contribution in [1.82, 2.24) is 0 Å². The van der Waals surface area contributed by atoms with Crippen LogP contribution in [0.2, 0.25) is 0 Å². The summed E-state index contributed by atoms with van der Waals surface area (Å²) in [6.07, 6.45) is 0.867. The fraction of sp³-hybridized carbons (Fsp3) is 0.316. The zero-order chi connectivity index (χ0) is 15.9. The highest BCUT2D eigenvalue weighted by Crippen LogP contribution is 2.30. The summed E-state index contributed by atoms with van der Waals surface area (Å²) in [6.45, 7) is 4.49. The van der Waals surface area contributed by atoms with Gasteiger partial charge in [-0.15, -0.1) is 0 Å². The number of nitrogens with two attached hydrogens (primary N) is 1. The van der Waals surface area contributed by atoms with Crippen molar-refractivity contribution in [2.24, 2.45) is 11.7 Å². The third-order valence-corrected chi connectivity index (χ3v) is 4.03. The van der Waals surface area contributed by atoms with E-state index in [9.17, 15) is 4.79 Å². The largest absolute Gasteiger partial charge is 0.489 e. The summed E-state index contributed by atoms with van der Waals surface area (Å²) in [7, 11) is 0. The monoisotopic (exact) mass is 297 g/mol. The van der Waals surface area contributed by atoms with Gasteiger partial charge in [-0.1, -0.05) is 56.3 Å². The van der Waals surface area contributed by atoms with Gasteiger partial charge in [-0.25, -0.2) is 0 Å². The van der Waals surface area contributed by atoms with E-state index in [1.165, 1.54) is 0 Å². The predicted octanol–water partition coefficient (Wildman–Crippen LogP) is 3.88. The quantitative estimate of drug-likeness (QED) is 0.843. The molecular formula is C19H23NO2. The first-order valence-electron chi connectivity index (χ1n) is 7.67.